The predicted molar refractivity (Wildman–Crippen MR) is 92.9 cm³/mol. The summed E-state index contributed by atoms with van der Waals surface area (Å²) in [7, 11) is 1.56. The maximum Gasteiger partial charge on any atom is 0.273 e. The maximum atomic E-state index is 12.6. The van der Waals surface area contributed by atoms with Crippen LogP contribution in [0, 0.1) is 11.3 Å². The van der Waals surface area contributed by atoms with E-state index in [0.29, 0.717) is 43.6 Å². The van der Waals surface area contributed by atoms with Gasteiger partial charge in [0.1, 0.15) is 11.8 Å². The zero-order valence-corrected chi connectivity index (χ0v) is 14.4. The minimum absolute atomic E-state index is 0. The van der Waals surface area contributed by atoms with Gasteiger partial charge < -0.3 is 14.5 Å². The Morgan fingerprint density at radius 3 is 2.64 bits per heavy atom. The second-order valence-electron chi connectivity index (χ2n) is 5.19. The Morgan fingerprint density at radius 2 is 1.96 bits per heavy atom. The molecular formula is C16H17ClN6O2. The van der Waals surface area contributed by atoms with Gasteiger partial charge in [0, 0.05) is 44.6 Å². The fourth-order valence-corrected chi connectivity index (χ4v) is 2.52. The highest BCUT2D eigenvalue weighted by molar-refractivity contribution is 5.94. The van der Waals surface area contributed by atoms with Crippen molar-refractivity contribution in [1.29, 1.82) is 5.26 Å². The summed E-state index contributed by atoms with van der Waals surface area (Å²) in [6.07, 6.45) is 3.17. The summed E-state index contributed by atoms with van der Waals surface area (Å²) < 4.78 is 5.11. The van der Waals surface area contributed by atoms with Crippen molar-refractivity contribution < 1.29 is 9.53 Å². The van der Waals surface area contributed by atoms with Crippen LogP contribution >= 0.6 is 12.4 Å². The van der Waals surface area contributed by atoms with Gasteiger partial charge in [0.25, 0.3) is 5.91 Å². The van der Waals surface area contributed by atoms with Crippen LogP contribution in [0.2, 0.25) is 0 Å². The molecule has 2 aromatic rings. The molecule has 8 nitrogen and oxygen atoms in total. The van der Waals surface area contributed by atoms with E-state index in [1.54, 1.807) is 36.4 Å². The van der Waals surface area contributed by atoms with Gasteiger partial charge in [-0.3, -0.25) is 4.79 Å². The summed E-state index contributed by atoms with van der Waals surface area (Å²) in [5.41, 5.74) is 0.493. The summed E-state index contributed by atoms with van der Waals surface area (Å²) >= 11 is 0. The molecule has 0 spiro atoms. The lowest BCUT2D eigenvalue weighted by atomic mass is 10.2. The van der Waals surface area contributed by atoms with Gasteiger partial charge in [-0.1, -0.05) is 0 Å². The van der Waals surface area contributed by atoms with Gasteiger partial charge in [0.05, 0.1) is 12.7 Å². The molecule has 1 aliphatic heterocycles. The predicted octanol–water partition coefficient (Wildman–Crippen LogP) is 1.14. The number of nitriles is 1. The van der Waals surface area contributed by atoms with Crippen molar-refractivity contribution in [2.45, 2.75) is 0 Å². The largest absolute Gasteiger partial charge is 0.481 e. The van der Waals surface area contributed by atoms with Crippen LogP contribution in [0.25, 0.3) is 0 Å². The Labute approximate surface area is 151 Å². The van der Waals surface area contributed by atoms with Crippen molar-refractivity contribution in [3.8, 4) is 11.9 Å². The van der Waals surface area contributed by atoms with Crippen LogP contribution in [0.1, 0.15) is 16.1 Å². The van der Waals surface area contributed by atoms with Crippen molar-refractivity contribution in [2.24, 2.45) is 0 Å². The summed E-state index contributed by atoms with van der Waals surface area (Å²) in [6, 6.07) is 6.94. The topological polar surface area (TPSA) is 95.2 Å². The number of amides is 1. The molecule has 1 aliphatic rings. The number of ether oxygens (including phenoxy) is 1. The van der Waals surface area contributed by atoms with E-state index in [1.165, 1.54) is 6.20 Å². The second-order valence-corrected chi connectivity index (χ2v) is 5.19. The maximum absolute atomic E-state index is 12.6. The van der Waals surface area contributed by atoms with E-state index in [2.05, 4.69) is 15.0 Å². The number of hydrogen-bond acceptors (Lipinski definition) is 7. The highest BCUT2D eigenvalue weighted by Crippen LogP contribution is 2.16. The molecule has 0 radical (unpaired) electrons. The first-order valence-corrected chi connectivity index (χ1v) is 7.49. The molecule has 130 valence electrons. The number of halogens is 1. The van der Waals surface area contributed by atoms with E-state index < -0.39 is 0 Å². The molecule has 25 heavy (non-hydrogen) atoms. The Hall–Kier alpha value is -2.92. The average molecular weight is 361 g/mol. The molecule has 0 N–H and O–H groups in total. The molecule has 1 amide bonds. The first-order chi connectivity index (χ1) is 11.7. The molecule has 3 rings (SSSR count). The lowest BCUT2D eigenvalue weighted by Crippen LogP contribution is -2.49. The summed E-state index contributed by atoms with van der Waals surface area (Å²) in [4.78, 5) is 28.9. The first kappa shape index (κ1) is 18.4. The van der Waals surface area contributed by atoms with Crippen molar-refractivity contribution in [3.05, 3.63) is 41.9 Å². The van der Waals surface area contributed by atoms with Crippen molar-refractivity contribution in [2.75, 3.05) is 38.2 Å². The molecule has 0 atom stereocenters. The Balaban J connectivity index is 0.00000225. The summed E-state index contributed by atoms with van der Waals surface area (Å²) in [6.45, 7) is 2.24. The number of hydrogen-bond donors (Lipinski definition) is 0. The van der Waals surface area contributed by atoms with Crippen molar-refractivity contribution >= 4 is 24.3 Å². The SMILES string of the molecule is COc1ccnc(N2CCN(C(=O)c3ncccc3C#N)CC2)n1.Cl. The molecule has 1 fully saturated rings. The molecule has 0 bridgehead atoms. The summed E-state index contributed by atoms with van der Waals surface area (Å²) in [5, 5.41) is 9.11. The monoisotopic (exact) mass is 360 g/mol. The number of piperazine rings is 1. The molecule has 3 heterocycles. The first-order valence-electron chi connectivity index (χ1n) is 7.49. The molecule has 9 heteroatoms. The molecule has 2 aromatic heterocycles. The molecule has 0 saturated carbocycles. The van der Waals surface area contributed by atoms with E-state index >= 15 is 0 Å². The van der Waals surface area contributed by atoms with Gasteiger partial charge in [-0.05, 0) is 12.1 Å². The highest BCUT2D eigenvalue weighted by atomic mass is 35.5. The zero-order chi connectivity index (χ0) is 16.9. The highest BCUT2D eigenvalue weighted by Gasteiger charge is 2.25. The van der Waals surface area contributed by atoms with Gasteiger partial charge in [0.2, 0.25) is 11.8 Å². The lowest BCUT2D eigenvalue weighted by Gasteiger charge is -2.34. The summed E-state index contributed by atoms with van der Waals surface area (Å²) in [5.74, 6) is 0.862. The minimum atomic E-state index is -0.224. The van der Waals surface area contributed by atoms with Crippen molar-refractivity contribution in [1.82, 2.24) is 19.9 Å². The van der Waals surface area contributed by atoms with Crippen LogP contribution in [0.15, 0.2) is 30.6 Å². The standard InChI is InChI=1S/C16H16N6O2.ClH/c1-24-13-4-6-19-16(20-13)22-9-7-21(8-10-22)15(23)14-12(11-17)3-2-5-18-14;/h2-6H,7-10H2,1H3;1H. The van der Waals surface area contributed by atoms with Crippen LogP contribution in [0.3, 0.4) is 0 Å². The van der Waals surface area contributed by atoms with Crippen LogP contribution in [0.5, 0.6) is 5.88 Å². The van der Waals surface area contributed by atoms with E-state index in [9.17, 15) is 4.79 Å². The Kier molecular flexibility index (Phi) is 6.08. The lowest BCUT2D eigenvalue weighted by molar-refractivity contribution is 0.0740. The molecule has 0 aliphatic carbocycles. The van der Waals surface area contributed by atoms with Gasteiger partial charge in [-0.15, -0.1) is 12.4 Å². The number of carbonyl (C=O) groups excluding carboxylic acids is 1. The van der Waals surface area contributed by atoms with Crippen LogP contribution in [-0.2, 0) is 0 Å². The van der Waals surface area contributed by atoms with Crippen LogP contribution in [-0.4, -0.2) is 59.0 Å². The second kappa shape index (κ2) is 8.26. The van der Waals surface area contributed by atoms with E-state index in [0.717, 1.165) is 0 Å². The Morgan fingerprint density at radius 1 is 1.20 bits per heavy atom. The quantitative estimate of drug-likeness (QED) is 0.809. The third-order valence-corrected chi connectivity index (χ3v) is 3.81. The van der Waals surface area contributed by atoms with Gasteiger partial charge >= 0.3 is 0 Å². The third kappa shape index (κ3) is 3.95. The number of methoxy groups -OCH3 is 1. The number of nitrogens with zero attached hydrogens (tertiary/aromatic N) is 6. The van der Waals surface area contributed by atoms with Crippen molar-refractivity contribution in [3.63, 3.8) is 0 Å². The van der Waals surface area contributed by atoms with Crippen LogP contribution < -0.4 is 9.64 Å². The number of pyridine rings is 1. The normalized spacial score (nSPS) is 13.6. The molecule has 0 unspecified atom stereocenters. The van der Waals surface area contributed by atoms with E-state index in [-0.39, 0.29) is 24.0 Å². The molecular weight excluding hydrogens is 344 g/mol. The fourth-order valence-electron chi connectivity index (χ4n) is 2.52. The third-order valence-electron chi connectivity index (χ3n) is 3.81. The molecule has 1 saturated heterocycles. The van der Waals surface area contributed by atoms with Gasteiger partial charge in [0.15, 0.2) is 0 Å². The van der Waals surface area contributed by atoms with Crippen LogP contribution in [0.4, 0.5) is 5.95 Å². The number of aromatic nitrogens is 3. The smallest absolute Gasteiger partial charge is 0.273 e. The number of rotatable bonds is 3. The molecule has 0 aromatic carbocycles. The van der Waals surface area contributed by atoms with Gasteiger partial charge in [-0.2, -0.15) is 10.2 Å². The number of carbonyl (C=O) groups is 1. The number of anilines is 1. The van der Waals surface area contributed by atoms with Gasteiger partial charge in [-0.25, -0.2) is 9.97 Å². The van der Waals surface area contributed by atoms with E-state index in [1.807, 2.05) is 11.0 Å². The minimum Gasteiger partial charge on any atom is -0.481 e. The zero-order valence-electron chi connectivity index (χ0n) is 13.6. The Bertz CT molecular complexity index is 786. The average Bonchev–Trinajstić information content (AvgIpc) is 2.67. The van der Waals surface area contributed by atoms with E-state index in [4.69, 9.17) is 10.00 Å². The fraction of sp³-hybridized carbons (Fsp3) is 0.312.